The Morgan fingerprint density at radius 1 is 1.36 bits per heavy atom. The van der Waals surface area contributed by atoms with Crippen molar-refractivity contribution in [2.45, 2.75) is 30.2 Å². The van der Waals surface area contributed by atoms with E-state index in [0.29, 0.717) is 25.0 Å². The summed E-state index contributed by atoms with van der Waals surface area (Å²) in [6.07, 6.45) is 1.54. The van der Waals surface area contributed by atoms with Crippen LogP contribution in [0, 0.1) is 5.82 Å². The van der Waals surface area contributed by atoms with Crippen LogP contribution in [0.25, 0.3) is 0 Å². The van der Waals surface area contributed by atoms with E-state index >= 15 is 0 Å². The van der Waals surface area contributed by atoms with Gasteiger partial charge in [-0.25, -0.2) is 13.2 Å². The van der Waals surface area contributed by atoms with Gasteiger partial charge in [-0.15, -0.1) is 4.72 Å². The fourth-order valence-electron chi connectivity index (χ4n) is 2.75. The molecule has 1 atom stereocenters. The Bertz CT molecular complexity index is 894. The number of aromatic nitrogens is 1. The molecule has 1 aliphatic heterocycles. The number of nitrogens with zero attached hydrogens (tertiary/aromatic N) is 1. The number of anilines is 1. The SMILES string of the molecule is Cn1cc([S+]([O-])NC2(C)COC2)cc1C(=O)Nc1ccc(F)c(C(C)(F)F)c1. The summed E-state index contributed by atoms with van der Waals surface area (Å²) in [4.78, 5) is 12.9. The van der Waals surface area contributed by atoms with E-state index in [2.05, 4.69) is 10.0 Å². The van der Waals surface area contributed by atoms with Gasteiger partial charge in [-0.3, -0.25) is 4.79 Å². The zero-order valence-corrected chi connectivity index (χ0v) is 16.3. The van der Waals surface area contributed by atoms with Crippen LogP contribution >= 0.6 is 0 Å². The average Bonchev–Trinajstić information content (AvgIpc) is 2.96. The standard InChI is InChI=1S/C18H20F3N3O3S/c1-17(9-27-10-17)23-28(26)12-7-15(24(3)8-12)16(25)22-11-4-5-14(19)13(6-11)18(2,20)21/h4-8,23H,9-10H2,1-3H3,(H,22,25). The van der Waals surface area contributed by atoms with Gasteiger partial charge in [0.25, 0.3) is 11.8 Å². The Hall–Kier alpha value is -2.01. The average molecular weight is 415 g/mol. The van der Waals surface area contributed by atoms with E-state index in [0.717, 1.165) is 12.1 Å². The summed E-state index contributed by atoms with van der Waals surface area (Å²) in [5.41, 5.74) is -0.989. The molecule has 1 amide bonds. The summed E-state index contributed by atoms with van der Waals surface area (Å²) >= 11 is -1.55. The van der Waals surface area contributed by atoms with Crippen molar-refractivity contribution >= 4 is 23.0 Å². The molecule has 0 saturated carbocycles. The van der Waals surface area contributed by atoms with Crippen LogP contribution in [-0.4, -0.2) is 33.8 Å². The molecule has 1 aromatic heterocycles. The lowest BCUT2D eigenvalue weighted by Gasteiger charge is -2.37. The van der Waals surface area contributed by atoms with Gasteiger partial charge in [0.05, 0.1) is 36.3 Å². The molecule has 1 fully saturated rings. The number of alkyl halides is 2. The van der Waals surface area contributed by atoms with Gasteiger partial charge in [-0.1, -0.05) is 0 Å². The van der Waals surface area contributed by atoms with E-state index < -0.39 is 34.6 Å². The molecule has 0 radical (unpaired) electrons. The number of hydrogen-bond donors (Lipinski definition) is 2. The first kappa shape index (κ1) is 20.7. The number of rotatable bonds is 6. The van der Waals surface area contributed by atoms with Gasteiger partial charge in [0, 0.05) is 25.7 Å². The van der Waals surface area contributed by atoms with Crippen LogP contribution in [0.3, 0.4) is 0 Å². The van der Waals surface area contributed by atoms with Crippen molar-refractivity contribution in [3.05, 3.63) is 47.5 Å². The van der Waals surface area contributed by atoms with Gasteiger partial charge in [0.1, 0.15) is 17.1 Å². The summed E-state index contributed by atoms with van der Waals surface area (Å²) in [5, 5.41) is 2.46. The number of aryl methyl sites for hydroxylation is 1. The zero-order chi connectivity index (χ0) is 20.7. The van der Waals surface area contributed by atoms with E-state index in [1.54, 1.807) is 7.05 Å². The van der Waals surface area contributed by atoms with Crippen LogP contribution in [0.1, 0.15) is 29.9 Å². The number of benzene rings is 1. The fraction of sp³-hybridized carbons (Fsp3) is 0.389. The number of carbonyl (C=O) groups excluding carboxylic acids is 1. The molecule has 1 unspecified atom stereocenters. The predicted octanol–water partition coefficient (Wildman–Crippen LogP) is 2.93. The molecule has 0 aliphatic carbocycles. The second kappa shape index (κ2) is 7.43. The molecule has 3 rings (SSSR count). The number of hydrogen-bond acceptors (Lipinski definition) is 4. The highest BCUT2D eigenvalue weighted by atomic mass is 32.2. The van der Waals surface area contributed by atoms with E-state index in [4.69, 9.17) is 4.74 Å². The maximum atomic E-state index is 13.6. The van der Waals surface area contributed by atoms with Gasteiger partial charge in [-0.05, 0) is 25.1 Å². The number of ether oxygens (including phenoxy) is 1. The third-order valence-corrected chi connectivity index (χ3v) is 5.63. The molecule has 0 bridgehead atoms. The van der Waals surface area contributed by atoms with Crippen molar-refractivity contribution in [3.63, 3.8) is 0 Å². The molecular weight excluding hydrogens is 395 g/mol. The molecule has 1 saturated heterocycles. The summed E-state index contributed by atoms with van der Waals surface area (Å²) in [7, 11) is 1.60. The molecule has 1 aromatic carbocycles. The number of halogens is 3. The topological polar surface area (TPSA) is 78.3 Å². The van der Waals surface area contributed by atoms with Crippen LogP contribution in [0.4, 0.5) is 18.9 Å². The molecular formula is C18H20F3N3O3S. The van der Waals surface area contributed by atoms with Crippen LogP contribution in [0.15, 0.2) is 35.4 Å². The Kier molecular flexibility index (Phi) is 5.50. The predicted molar refractivity (Wildman–Crippen MR) is 98.1 cm³/mol. The van der Waals surface area contributed by atoms with Crippen LogP contribution < -0.4 is 10.0 Å². The maximum absolute atomic E-state index is 13.6. The van der Waals surface area contributed by atoms with Crippen molar-refractivity contribution in [1.29, 1.82) is 0 Å². The molecule has 28 heavy (non-hydrogen) atoms. The minimum Gasteiger partial charge on any atom is -0.593 e. The molecule has 2 N–H and O–H groups in total. The molecule has 6 nitrogen and oxygen atoms in total. The first-order valence-electron chi connectivity index (χ1n) is 8.41. The van der Waals surface area contributed by atoms with E-state index in [-0.39, 0.29) is 16.9 Å². The van der Waals surface area contributed by atoms with Crippen molar-refractivity contribution in [2.24, 2.45) is 7.05 Å². The molecule has 10 heteroatoms. The number of amides is 1. The Balaban J connectivity index is 1.75. The summed E-state index contributed by atoms with van der Waals surface area (Å²) < 4.78 is 62.5. The van der Waals surface area contributed by atoms with Crippen LogP contribution in [-0.2, 0) is 29.1 Å². The highest BCUT2D eigenvalue weighted by Gasteiger charge is 2.39. The lowest BCUT2D eigenvalue weighted by Crippen LogP contribution is -2.59. The summed E-state index contributed by atoms with van der Waals surface area (Å²) in [6, 6.07) is 4.41. The van der Waals surface area contributed by atoms with Crippen molar-refractivity contribution < 1.29 is 27.3 Å². The Labute approximate surface area is 163 Å². The molecule has 152 valence electrons. The van der Waals surface area contributed by atoms with Gasteiger partial charge in [0.15, 0.2) is 4.90 Å². The van der Waals surface area contributed by atoms with Crippen molar-refractivity contribution in [3.8, 4) is 0 Å². The minimum absolute atomic E-state index is 0.0315. The highest BCUT2D eigenvalue weighted by Crippen LogP contribution is 2.31. The van der Waals surface area contributed by atoms with Crippen LogP contribution in [0.2, 0.25) is 0 Å². The first-order chi connectivity index (χ1) is 13.0. The number of nitrogens with one attached hydrogen (secondary N) is 2. The van der Waals surface area contributed by atoms with Crippen molar-refractivity contribution in [1.82, 2.24) is 9.29 Å². The normalized spacial score (nSPS) is 17.1. The second-order valence-electron chi connectivity index (χ2n) is 7.13. The summed E-state index contributed by atoms with van der Waals surface area (Å²) in [5.74, 6) is -5.03. The molecule has 2 aromatic rings. The zero-order valence-electron chi connectivity index (χ0n) is 15.5. The van der Waals surface area contributed by atoms with Gasteiger partial charge < -0.3 is 19.2 Å². The van der Waals surface area contributed by atoms with Gasteiger partial charge in [-0.2, -0.15) is 0 Å². The summed E-state index contributed by atoms with van der Waals surface area (Å²) in [6.45, 7) is 3.33. The Morgan fingerprint density at radius 2 is 2.04 bits per heavy atom. The van der Waals surface area contributed by atoms with Gasteiger partial charge in [0.2, 0.25) is 0 Å². The Morgan fingerprint density at radius 3 is 2.61 bits per heavy atom. The largest absolute Gasteiger partial charge is 0.593 e. The third-order valence-electron chi connectivity index (χ3n) is 4.30. The van der Waals surface area contributed by atoms with E-state index in [9.17, 15) is 22.5 Å². The lowest BCUT2D eigenvalue weighted by molar-refractivity contribution is -0.0523. The lowest BCUT2D eigenvalue weighted by atomic mass is 10.0. The fourth-order valence-corrected chi connectivity index (χ4v) is 3.90. The monoisotopic (exact) mass is 415 g/mol. The van der Waals surface area contributed by atoms with E-state index in [1.807, 2.05) is 6.92 Å². The maximum Gasteiger partial charge on any atom is 0.273 e. The number of carbonyl (C=O) groups is 1. The molecule has 0 spiro atoms. The quantitative estimate of drug-likeness (QED) is 0.712. The molecule has 2 heterocycles. The highest BCUT2D eigenvalue weighted by molar-refractivity contribution is 7.89. The van der Waals surface area contributed by atoms with Crippen molar-refractivity contribution in [2.75, 3.05) is 18.5 Å². The third kappa shape index (κ3) is 4.35. The minimum atomic E-state index is -3.38. The van der Waals surface area contributed by atoms with Gasteiger partial charge >= 0.3 is 0 Å². The molecule has 1 aliphatic rings. The first-order valence-corrected chi connectivity index (χ1v) is 9.56. The van der Waals surface area contributed by atoms with Crippen LogP contribution in [0.5, 0.6) is 0 Å². The smallest absolute Gasteiger partial charge is 0.273 e. The second-order valence-corrected chi connectivity index (χ2v) is 8.35. The van der Waals surface area contributed by atoms with E-state index in [1.165, 1.54) is 22.9 Å².